The zero-order valence-electron chi connectivity index (χ0n) is 33.7. The second-order valence-electron chi connectivity index (χ2n) is 15.5. The zero-order valence-corrected chi connectivity index (χ0v) is 35.2. The number of benzene rings is 4. The van der Waals surface area contributed by atoms with Gasteiger partial charge in [0.05, 0.1) is 10.0 Å². The number of carbonyl (C=O) groups is 3. The van der Waals surface area contributed by atoms with E-state index < -0.39 is 11.6 Å². The molecule has 0 aliphatic carbocycles. The lowest BCUT2D eigenvalue weighted by atomic mass is 9.92. The largest absolute Gasteiger partial charge is 0.489 e. The molecule has 3 heterocycles. The zero-order chi connectivity index (χ0) is 42.3. The highest BCUT2D eigenvalue weighted by atomic mass is 35.5. The van der Waals surface area contributed by atoms with Gasteiger partial charge in [-0.25, -0.2) is 4.79 Å². The summed E-state index contributed by atoms with van der Waals surface area (Å²) in [6.07, 6.45) is 2.50. The number of halogens is 2. The molecule has 2 atom stereocenters. The van der Waals surface area contributed by atoms with Crippen LogP contribution in [0.4, 0.5) is 4.79 Å². The van der Waals surface area contributed by atoms with Crippen molar-refractivity contribution < 1.29 is 33.7 Å². The van der Waals surface area contributed by atoms with Crippen LogP contribution in [-0.4, -0.2) is 58.1 Å². The van der Waals surface area contributed by atoms with Crippen LogP contribution in [-0.2, 0) is 35.6 Å². The molecule has 0 spiro atoms. The minimum absolute atomic E-state index is 0.196. The Kier molecular flexibility index (Phi) is 13.7. The third kappa shape index (κ3) is 10.8. The maximum absolute atomic E-state index is 13.8. The molecule has 2 aliphatic heterocycles. The van der Waals surface area contributed by atoms with Crippen molar-refractivity contribution in [2.24, 2.45) is 0 Å². The lowest BCUT2D eigenvalue weighted by molar-refractivity contribution is -0.126. The maximum atomic E-state index is 13.8. The van der Waals surface area contributed by atoms with Gasteiger partial charge in [-0.05, 0) is 128 Å². The van der Waals surface area contributed by atoms with Crippen LogP contribution in [0.3, 0.4) is 0 Å². The monoisotopic (exact) mass is 838 g/mol. The van der Waals surface area contributed by atoms with Gasteiger partial charge in [0.25, 0.3) is 6.47 Å². The lowest BCUT2D eigenvalue weighted by Gasteiger charge is -2.38. The van der Waals surface area contributed by atoms with Crippen LogP contribution < -0.4 is 24.8 Å². The van der Waals surface area contributed by atoms with Crippen molar-refractivity contribution in [1.82, 2.24) is 20.5 Å². The van der Waals surface area contributed by atoms with E-state index in [1.54, 1.807) is 17.0 Å². The minimum atomic E-state index is -0.696. The number of carboxylic acid groups (broad SMARTS) is 1. The molecule has 308 valence electrons. The Balaban J connectivity index is 0.00000189. The summed E-state index contributed by atoms with van der Waals surface area (Å²) in [5.74, 6) is 1.73. The highest BCUT2D eigenvalue weighted by Gasteiger charge is 2.37. The van der Waals surface area contributed by atoms with Gasteiger partial charge in [-0.2, -0.15) is 0 Å². The smallest absolute Gasteiger partial charge is 0.318 e. The summed E-state index contributed by atoms with van der Waals surface area (Å²) < 4.78 is 18.7. The van der Waals surface area contributed by atoms with E-state index in [4.69, 9.17) is 47.3 Å². The molecule has 11 nitrogen and oxygen atoms in total. The first-order chi connectivity index (χ1) is 28.2. The Labute approximate surface area is 354 Å². The molecule has 3 N–H and O–H groups in total. The average molecular weight is 840 g/mol. The summed E-state index contributed by atoms with van der Waals surface area (Å²) in [6.45, 7) is 11.0. The number of nitrogens with one attached hydrogen (secondary N) is 2. The van der Waals surface area contributed by atoms with Crippen LogP contribution in [0.1, 0.15) is 65.9 Å². The molecule has 7 rings (SSSR count). The fourth-order valence-electron chi connectivity index (χ4n) is 6.98. The Bertz CT molecular complexity index is 2300. The Morgan fingerprint density at radius 2 is 1.63 bits per heavy atom. The van der Waals surface area contributed by atoms with E-state index >= 15 is 0 Å². The Morgan fingerprint density at radius 3 is 2.32 bits per heavy atom. The fourth-order valence-corrected chi connectivity index (χ4v) is 7.30. The predicted octanol–water partition coefficient (Wildman–Crippen LogP) is 9.06. The lowest BCUT2D eigenvalue weighted by Crippen LogP contribution is -2.58. The van der Waals surface area contributed by atoms with Crippen molar-refractivity contribution >= 4 is 41.6 Å². The molecule has 2 aliphatic rings. The van der Waals surface area contributed by atoms with Gasteiger partial charge in [-0.1, -0.05) is 65.7 Å². The molecule has 0 bridgehead atoms. The SMILES string of the molecule is Cc1nccc(-c2ccc(CCNC(=O)C3Cc4cc5c(cc4CN3C(=O)NC(C)(C)C)OC(c3ccc(OCc4ccc(Cl)c(Cl)c4)cc3)CO5)cc2)c1C.O=CO. The Morgan fingerprint density at radius 1 is 0.932 bits per heavy atom. The van der Waals surface area contributed by atoms with Crippen LogP contribution >= 0.6 is 23.2 Å². The second kappa shape index (κ2) is 18.9. The molecule has 2 unspecified atom stereocenters. The number of urea groups is 1. The van der Waals surface area contributed by atoms with Gasteiger partial charge >= 0.3 is 6.03 Å². The first-order valence-electron chi connectivity index (χ1n) is 19.3. The van der Waals surface area contributed by atoms with Crippen molar-refractivity contribution in [3.05, 3.63) is 140 Å². The molecule has 3 amide bonds. The maximum Gasteiger partial charge on any atom is 0.318 e. The molecule has 13 heteroatoms. The summed E-state index contributed by atoms with van der Waals surface area (Å²) in [7, 11) is 0. The first kappa shape index (κ1) is 42.8. The van der Waals surface area contributed by atoms with Crippen LogP contribution in [0.15, 0.2) is 91.1 Å². The van der Waals surface area contributed by atoms with Crippen molar-refractivity contribution in [2.75, 3.05) is 13.2 Å². The predicted molar refractivity (Wildman–Crippen MR) is 228 cm³/mol. The van der Waals surface area contributed by atoms with Crippen molar-refractivity contribution in [3.8, 4) is 28.4 Å². The molecule has 0 fully saturated rings. The van der Waals surface area contributed by atoms with E-state index in [-0.39, 0.29) is 31.1 Å². The highest BCUT2D eigenvalue weighted by molar-refractivity contribution is 6.42. The normalized spacial score (nSPS) is 15.5. The summed E-state index contributed by atoms with van der Waals surface area (Å²) in [5.41, 5.74) is 8.81. The number of ether oxygens (including phenoxy) is 3. The third-order valence-corrected chi connectivity index (χ3v) is 10.9. The molecular formula is C46H48Cl2N4O7. The molecular weight excluding hydrogens is 791 g/mol. The molecule has 59 heavy (non-hydrogen) atoms. The van der Waals surface area contributed by atoms with Gasteiger partial charge in [0.15, 0.2) is 17.6 Å². The number of nitrogens with zero attached hydrogens (tertiary/aromatic N) is 2. The van der Waals surface area contributed by atoms with Crippen molar-refractivity contribution in [1.29, 1.82) is 0 Å². The summed E-state index contributed by atoms with van der Waals surface area (Å²) in [4.78, 5) is 41.9. The van der Waals surface area contributed by atoms with Gasteiger partial charge in [0.1, 0.15) is 25.0 Å². The highest BCUT2D eigenvalue weighted by Crippen LogP contribution is 2.41. The summed E-state index contributed by atoms with van der Waals surface area (Å²) in [6, 6.07) is 26.5. The van der Waals surface area contributed by atoms with E-state index in [0.29, 0.717) is 59.9 Å². The van der Waals surface area contributed by atoms with E-state index in [1.165, 1.54) is 0 Å². The molecule has 1 aromatic heterocycles. The van der Waals surface area contributed by atoms with Gasteiger partial charge in [-0.3, -0.25) is 14.6 Å². The van der Waals surface area contributed by atoms with Gasteiger partial charge in [-0.15, -0.1) is 0 Å². The van der Waals surface area contributed by atoms with Crippen molar-refractivity contribution in [2.45, 2.75) is 78.3 Å². The second-order valence-corrected chi connectivity index (χ2v) is 16.3. The number of amides is 3. The number of carbonyl (C=O) groups excluding carboxylic acids is 2. The van der Waals surface area contributed by atoms with Crippen LogP contribution in [0.25, 0.3) is 11.1 Å². The summed E-state index contributed by atoms with van der Waals surface area (Å²) in [5, 5.41) is 14.0. The van der Waals surface area contributed by atoms with E-state index in [0.717, 1.165) is 50.2 Å². The molecule has 0 saturated carbocycles. The number of hydrogen-bond donors (Lipinski definition) is 3. The molecule has 0 radical (unpaired) electrons. The number of hydrogen-bond acceptors (Lipinski definition) is 7. The molecule has 5 aromatic rings. The number of aromatic nitrogens is 1. The standard InChI is InChI=1S/C45H46Cl2N4O5.CH2O2/c1-27-28(2)48-19-17-36(27)31-9-6-29(7-10-31)16-18-49-43(52)39-21-33-22-40-41(23-34(33)24-51(39)44(53)50-45(3,4)5)56-42(26-55-40)32-11-13-35(14-12-32)54-25-30-8-15-37(46)38(47)20-30;2-1-3/h6-15,17,19-20,22-23,39,42H,16,18,21,24-26H2,1-5H3,(H,49,52)(H,50,53);1H,(H,2,3). The number of pyridine rings is 1. The molecule has 0 saturated heterocycles. The van der Waals surface area contributed by atoms with Gasteiger partial charge in [0, 0.05) is 36.9 Å². The topological polar surface area (TPSA) is 139 Å². The third-order valence-electron chi connectivity index (χ3n) is 10.2. The first-order valence-corrected chi connectivity index (χ1v) is 20.1. The Hall–Kier alpha value is -5.78. The number of fused-ring (bicyclic) bond motifs is 2. The average Bonchev–Trinajstić information content (AvgIpc) is 3.21. The van der Waals surface area contributed by atoms with Crippen LogP contribution in [0, 0.1) is 13.8 Å². The van der Waals surface area contributed by atoms with E-state index in [1.807, 2.05) is 82.4 Å². The van der Waals surface area contributed by atoms with Gasteiger partial charge < -0.3 is 34.9 Å². The number of aryl methyl sites for hydroxylation is 1. The van der Waals surface area contributed by atoms with Crippen molar-refractivity contribution in [3.63, 3.8) is 0 Å². The molecule has 4 aromatic carbocycles. The fraction of sp³-hybridized carbons (Fsp3) is 0.304. The quantitative estimate of drug-likeness (QED) is 0.125. The summed E-state index contributed by atoms with van der Waals surface area (Å²) >= 11 is 12.2. The van der Waals surface area contributed by atoms with Gasteiger partial charge in [0.2, 0.25) is 5.91 Å². The van der Waals surface area contributed by atoms with Crippen LogP contribution in [0.5, 0.6) is 17.2 Å². The number of rotatable bonds is 9. The van der Waals surface area contributed by atoms with Crippen LogP contribution in [0.2, 0.25) is 10.0 Å². The minimum Gasteiger partial charge on any atom is -0.489 e. The van der Waals surface area contributed by atoms with E-state index in [9.17, 15) is 9.59 Å². The van der Waals surface area contributed by atoms with E-state index in [2.05, 4.69) is 46.8 Å².